The number of fused-ring (bicyclic) bond motifs is 1. The molecule has 0 radical (unpaired) electrons. The monoisotopic (exact) mass is 324 g/mol. The van der Waals surface area contributed by atoms with Crippen molar-refractivity contribution in [2.75, 3.05) is 11.6 Å². The maximum absolute atomic E-state index is 11.9. The van der Waals surface area contributed by atoms with Crippen molar-refractivity contribution in [2.24, 2.45) is 0 Å². The van der Waals surface area contributed by atoms with E-state index in [1.807, 2.05) is 20.8 Å². The topological polar surface area (TPSA) is 89.3 Å². The summed E-state index contributed by atoms with van der Waals surface area (Å²) in [5, 5.41) is 1.48. The Hall–Kier alpha value is -1.89. The van der Waals surface area contributed by atoms with E-state index in [1.54, 1.807) is 18.2 Å². The lowest BCUT2D eigenvalue weighted by Gasteiger charge is -2.11. The Morgan fingerprint density at radius 2 is 1.95 bits per heavy atom. The number of nitrogens with zero attached hydrogens (tertiary/aromatic N) is 1. The summed E-state index contributed by atoms with van der Waals surface area (Å²) in [5.41, 5.74) is 1.52. The molecule has 1 N–H and O–H groups in total. The first kappa shape index (κ1) is 16.5. The fourth-order valence-corrected chi connectivity index (χ4v) is 2.21. The fraction of sp³-hybridized carbons (Fsp3) is 0.467. The molecule has 0 saturated carbocycles. The predicted octanol–water partition coefficient (Wildman–Crippen LogP) is 2.50. The molecule has 0 aliphatic carbocycles. The molecular formula is C15H20N2O4S. The summed E-state index contributed by atoms with van der Waals surface area (Å²) in [6, 6.07) is 5.03. The molecule has 1 atom stereocenters. The summed E-state index contributed by atoms with van der Waals surface area (Å²) in [6.07, 6.45) is 1.04. The first-order chi connectivity index (χ1) is 9.98. The molecule has 120 valence electrons. The van der Waals surface area contributed by atoms with Gasteiger partial charge in [0.05, 0.1) is 0 Å². The van der Waals surface area contributed by atoms with E-state index in [0.717, 1.165) is 6.26 Å². The first-order valence-electron chi connectivity index (χ1n) is 6.89. The number of amides is 1. The van der Waals surface area contributed by atoms with Gasteiger partial charge in [0.25, 0.3) is 0 Å². The van der Waals surface area contributed by atoms with Gasteiger partial charge in [-0.05, 0) is 25.1 Å². The quantitative estimate of drug-likeness (QED) is 0.937. The van der Waals surface area contributed by atoms with Crippen LogP contribution in [0.4, 0.5) is 5.69 Å². The van der Waals surface area contributed by atoms with Gasteiger partial charge in [0.1, 0.15) is 10.8 Å². The van der Waals surface area contributed by atoms with Gasteiger partial charge in [0.2, 0.25) is 11.8 Å². The van der Waals surface area contributed by atoms with Crippen molar-refractivity contribution in [3.63, 3.8) is 0 Å². The largest absolute Gasteiger partial charge is 0.440 e. The van der Waals surface area contributed by atoms with Crippen LogP contribution in [0.15, 0.2) is 22.6 Å². The van der Waals surface area contributed by atoms with Crippen LogP contribution < -0.4 is 5.32 Å². The molecule has 2 rings (SSSR count). The Morgan fingerprint density at radius 3 is 2.50 bits per heavy atom. The molecule has 0 aliphatic rings. The van der Waals surface area contributed by atoms with Crippen LogP contribution in [0.1, 0.15) is 33.6 Å². The Balaban J connectivity index is 2.29. The van der Waals surface area contributed by atoms with Gasteiger partial charge in [-0.3, -0.25) is 4.79 Å². The van der Waals surface area contributed by atoms with Crippen molar-refractivity contribution in [2.45, 2.75) is 38.4 Å². The van der Waals surface area contributed by atoms with E-state index in [-0.39, 0.29) is 5.41 Å². The molecule has 22 heavy (non-hydrogen) atoms. The number of hydrogen-bond acceptors (Lipinski definition) is 5. The molecule has 0 fully saturated rings. The molecule has 6 nitrogen and oxygen atoms in total. The minimum atomic E-state index is -3.43. The molecule has 0 bridgehead atoms. The average molecular weight is 324 g/mol. The summed E-state index contributed by atoms with van der Waals surface area (Å²) in [7, 11) is -3.43. The van der Waals surface area contributed by atoms with E-state index >= 15 is 0 Å². The Morgan fingerprint density at radius 1 is 1.32 bits per heavy atom. The van der Waals surface area contributed by atoms with Crippen LogP contribution in [-0.2, 0) is 20.0 Å². The smallest absolute Gasteiger partial charge is 0.242 e. The number of rotatable bonds is 3. The summed E-state index contributed by atoms with van der Waals surface area (Å²) in [4.78, 5) is 16.3. The Kier molecular flexibility index (Phi) is 4.04. The van der Waals surface area contributed by atoms with E-state index in [9.17, 15) is 13.2 Å². The highest BCUT2D eigenvalue weighted by Crippen LogP contribution is 2.27. The molecule has 0 spiro atoms. The zero-order chi connectivity index (χ0) is 16.7. The molecule has 1 heterocycles. The maximum atomic E-state index is 11.9. The summed E-state index contributed by atoms with van der Waals surface area (Å²) in [5.74, 6) is 0.0388. The maximum Gasteiger partial charge on any atom is 0.242 e. The predicted molar refractivity (Wildman–Crippen MR) is 85.6 cm³/mol. The van der Waals surface area contributed by atoms with Crippen LogP contribution in [0.5, 0.6) is 0 Å². The zero-order valence-electron chi connectivity index (χ0n) is 13.3. The average Bonchev–Trinajstić information content (AvgIpc) is 2.79. The minimum absolute atomic E-state index is 0.215. The first-order valence-corrected chi connectivity index (χ1v) is 8.85. The summed E-state index contributed by atoms with van der Waals surface area (Å²) < 4.78 is 28.5. The van der Waals surface area contributed by atoms with E-state index < -0.39 is 21.0 Å². The molecule has 0 unspecified atom stereocenters. The van der Waals surface area contributed by atoms with Gasteiger partial charge in [0, 0.05) is 17.4 Å². The molecular weight excluding hydrogens is 304 g/mol. The van der Waals surface area contributed by atoms with E-state index in [0.29, 0.717) is 22.7 Å². The molecule has 7 heteroatoms. The second kappa shape index (κ2) is 5.39. The Labute approximate surface area is 129 Å². The van der Waals surface area contributed by atoms with E-state index in [2.05, 4.69) is 10.3 Å². The lowest BCUT2D eigenvalue weighted by molar-refractivity contribution is -0.115. The third-order valence-corrected chi connectivity index (χ3v) is 4.81. The Bertz CT molecular complexity index is 816. The van der Waals surface area contributed by atoms with Gasteiger partial charge in [-0.1, -0.05) is 20.8 Å². The van der Waals surface area contributed by atoms with Crippen LogP contribution in [-0.4, -0.2) is 30.8 Å². The van der Waals surface area contributed by atoms with Gasteiger partial charge in [-0.15, -0.1) is 0 Å². The lowest BCUT2D eigenvalue weighted by atomic mass is 9.97. The molecule has 1 aromatic carbocycles. The zero-order valence-corrected chi connectivity index (χ0v) is 14.1. The van der Waals surface area contributed by atoms with E-state index in [4.69, 9.17) is 4.42 Å². The fourth-order valence-electron chi connectivity index (χ4n) is 1.76. The summed E-state index contributed by atoms with van der Waals surface area (Å²) >= 11 is 0. The second-order valence-electron chi connectivity index (χ2n) is 6.41. The van der Waals surface area contributed by atoms with Crippen molar-refractivity contribution in [1.29, 1.82) is 0 Å². The van der Waals surface area contributed by atoms with Crippen molar-refractivity contribution in [3.8, 4) is 0 Å². The van der Waals surface area contributed by atoms with Crippen molar-refractivity contribution < 1.29 is 17.6 Å². The number of carbonyl (C=O) groups excluding carboxylic acids is 1. The third kappa shape index (κ3) is 3.47. The van der Waals surface area contributed by atoms with E-state index in [1.165, 1.54) is 6.92 Å². The van der Waals surface area contributed by atoms with Crippen molar-refractivity contribution in [1.82, 2.24) is 4.98 Å². The SMILES string of the molecule is C[C@H](C(=O)Nc1ccc2oc(C(C)(C)C)nc2c1)S(C)(=O)=O. The third-order valence-electron chi connectivity index (χ3n) is 3.31. The van der Waals surface area contributed by atoms with Crippen LogP contribution in [0.3, 0.4) is 0 Å². The lowest BCUT2D eigenvalue weighted by Crippen LogP contribution is -2.31. The van der Waals surface area contributed by atoms with Crippen LogP contribution in [0.25, 0.3) is 11.1 Å². The number of sulfone groups is 1. The second-order valence-corrected chi connectivity index (χ2v) is 8.78. The number of nitrogens with one attached hydrogen (secondary N) is 1. The van der Waals surface area contributed by atoms with Crippen LogP contribution in [0.2, 0.25) is 0 Å². The van der Waals surface area contributed by atoms with Crippen LogP contribution >= 0.6 is 0 Å². The highest BCUT2D eigenvalue weighted by atomic mass is 32.2. The van der Waals surface area contributed by atoms with Crippen molar-refractivity contribution >= 4 is 32.5 Å². The normalized spacial score (nSPS) is 14.0. The molecule has 1 aromatic heterocycles. The molecule has 0 saturated heterocycles. The molecule has 2 aromatic rings. The van der Waals surface area contributed by atoms with Crippen molar-refractivity contribution in [3.05, 3.63) is 24.1 Å². The molecule has 1 amide bonds. The van der Waals surface area contributed by atoms with Gasteiger partial charge in [0.15, 0.2) is 15.4 Å². The van der Waals surface area contributed by atoms with Gasteiger partial charge in [-0.25, -0.2) is 13.4 Å². The molecule has 0 aliphatic heterocycles. The number of anilines is 1. The standard InChI is InChI=1S/C15H20N2O4S/c1-9(22(5,19)20)13(18)16-10-6-7-12-11(8-10)17-14(21-12)15(2,3)4/h6-9H,1-5H3,(H,16,18)/t9-/m1/s1. The number of hydrogen-bond donors (Lipinski definition) is 1. The van der Waals surface area contributed by atoms with Crippen LogP contribution in [0, 0.1) is 0 Å². The number of aromatic nitrogens is 1. The number of benzene rings is 1. The highest BCUT2D eigenvalue weighted by molar-refractivity contribution is 7.92. The van der Waals surface area contributed by atoms with Gasteiger partial charge >= 0.3 is 0 Å². The number of oxazole rings is 1. The minimum Gasteiger partial charge on any atom is -0.440 e. The van der Waals surface area contributed by atoms with Gasteiger partial charge in [-0.2, -0.15) is 0 Å². The highest BCUT2D eigenvalue weighted by Gasteiger charge is 2.24. The number of carbonyl (C=O) groups is 1. The van der Waals surface area contributed by atoms with Gasteiger partial charge < -0.3 is 9.73 Å². The summed E-state index contributed by atoms with van der Waals surface area (Å²) in [6.45, 7) is 7.34.